The number of carbonyl (C=O) groups excluding carboxylic acids is 2. The Morgan fingerprint density at radius 2 is 1.08 bits per heavy atom. The van der Waals surface area contributed by atoms with Crippen molar-refractivity contribution in [2.45, 2.75) is 38.1 Å². The molecule has 12 nitrogen and oxygen atoms in total. The van der Waals surface area contributed by atoms with Gasteiger partial charge in [0.05, 0.1) is 39.3 Å². The SMILES string of the molecule is COc1cccc(CC(=O)Nc2ccccc2CN2C[C@H](O)[C@@H](O)CN(Cc3ccccc3NC(=O)Cc3cccc(OC)c3)S2(=O)=O)c1. The van der Waals surface area contributed by atoms with E-state index in [0.29, 0.717) is 34.0 Å². The first-order valence-corrected chi connectivity index (χ1v) is 17.1. The highest BCUT2D eigenvalue weighted by Gasteiger charge is 2.39. The van der Waals surface area contributed by atoms with Gasteiger partial charge in [0.25, 0.3) is 10.2 Å². The molecule has 0 spiro atoms. The second-order valence-electron chi connectivity index (χ2n) is 11.7. The van der Waals surface area contributed by atoms with Gasteiger partial charge in [-0.2, -0.15) is 17.0 Å². The van der Waals surface area contributed by atoms with E-state index in [1.807, 2.05) is 12.1 Å². The molecule has 0 radical (unpaired) electrons. The van der Waals surface area contributed by atoms with Crippen LogP contribution < -0.4 is 20.1 Å². The van der Waals surface area contributed by atoms with Crippen LogP contribution in [-0.2, 0) is 45.7 Å². The summed E-state index contributed by atoms with van der Waals surface area (Å²) in [6.07, 6.45) is -2.59. The number of nitrogens with zero attached hydrogens (tertiary/aromatic N) is 2. The number of carbonyl (C=O) groups is 2. The fraction of sp³-hybridized carbons (Fsp3) is 0.278. The zero-order chi connectivity index (χ0) is 35.0. The number of aliphatic hydroxyl groups is 2. The van der Waals surface area contributed by atoms with Crippen LogP contribution in [0.1, 0.15) is 22.3 Å². The Morgan fingerprint density at radius 3 is 1.49 bits per heavy atom. The molecule has 2 amide bonds. The molecule has 0 bridgehead atoms. The highest BCUT2D eigenvalue weighted by Crippen LogP contribution is 2.27. The number of hydrogen-bond acceptors (Lipinski definition) is 8. The lowest BCUT2D eigenvalue weighted by Gasteiger charge is -2.28. The van der Waals surface area contributed by atoms with E-state index in [9.17, 15) is 28.2 Å². The van der Waals surface area contributed by atoms with E-state index in [0.717, 1.165) is 19.7 Å². The number of aliphatic hydroxyl groups excluding tert-OH is 2. The number of benzene rings is 4. The number of hydrogen-bond donors (Lipinski definition) is 4. The zero-order valence-corrected chi connectivity index (χ0v) is 28.1. The molecule has 258 valence electrons. The smallest absolute Gasteiger partial charge is 0.282 e. The van der Waals surface area contributed by atoms with E-state index >= 15 is 0 Å². The minimum absolute atomic E-state index is 0.0712. The largest absolute Gasteiger partial charge is 0.497 e. The van der Waals surface area contributed by atoms with Crippen LogP contribution in [0, 0.1) is 0 Å². The van der Waals surface area contributed by atoms with Crippen molar-refractivity contribution >= 4 is 33.4 Å². The van der Waals surface area contributed by atoms with Crippen molar-refractivity contribution in [3.8, 4) is 11.5 Å². The molecule has 5 rings (SSSR count). The van der Waals surface area contributed by atoms with Crippen molar-refractivity contribution in [3.63, 3.8) is 0 Å². The van der Waals surface area contributed by atoms with Crippen molar-refractivity contribution in [2.75, 3.05) is 37.9 Å². The van der Waals surface area contributed by atoms with Crippen molar-refractivity contribution in [1.29, 1.82) is 0 Å². The fourth-order valence-corrected chi connectivity index (χ4v) is 7.18. The Hall–Kier alpha value is -4.79. The van der Waals surface area contributed by atoms with Crippen LogP contribution in [0.3, 0.4) is 0 Å². The first-order valence-electron chi connectivity index (χ1n) is 15.7. The van der Waals surface area contributed by atoms with Crippen LogP contribution in [0.4, 0.5) is 11.4 Å². The number of amides is 2. The minimum Gasteiger partial charge on any atom is -0.497 e. The number of β-amino-alcohol motifs (C(OH)–C–C–N with tert-alkyl or cyclic N) is 2. The molecular weight excluding hydrogens is 648 g/mol. The summed E-state index contributed by atoms with van der Waals surface area (Å²) in [6, 6.07) is 28.0. The third kappa shape index (κ3) is 9.22. The average molecular weight is 689 g/mol. The number of para-hydroxylation sites is 2. The lowest BCUT2D eigenvalue weighted by molar-refractivity contribution is -0.116. The molecule has 2 atom stereocenters. The molecule has 49 heavy (non-hydrogen) atoms. The second-order valence-corrected chi connectivity index (χ2v) is 13.6. The monoisotopic (exact) mass is 688 g/mol. The summed E-state index contributed by atoms with van der Waals surface area (Å²) in [5.74, 6) is 0.643. The van der Waals surface area contributed by atoms with Gasteiger partial charge in [-0.25, -0.2) is 0 Å². The molecule has 4 N–H and O–H groups in total. The molecular formula is C36H40N4O8S. The van der Waals surface area contributed by atoms with Gasteiger partial charge in [-0.1, -0.05) is 60.7 Å². The number of nitrogens with one attached hydrogen (secondary N) is 2. The molecule has 1 fully saturated rings. The van der Waals surface area contributed by atoms with Crippen LogP contribution in [0.5, 0.6) is 11.5 Å². The maximum atomic E-state index is 14.1. The quantitative estimate of drug-likeness (QED) is 0.177. The van der Waals surface area contributed by atoms with Gasteiger partial charge in [-0.15, -0.1) is 0 Å². The van der Waals surface area contributed by atoms with E-state index in [4.69, 9.17) is 9.47 Å². The van der Waals surface area contributed by atoms with Crippen LogP contribution in [-0.4, -0.2) is 78.6 Å². The standard InChI is InChI=1S/C36H40N4O8S/c1-47-29-13-7-9-25(17-29)19-35(43)37-31-15-5-3-11-27(31)21-39-23-33(41)34(42)24-40(49(39,45)46)22-28-12-4-6-16-32(28)38-36(44)20-26-10-8-14-30(18-26)48-2/h3-18,33-34,41-42H,19-24H2,1-2H3,(H,37,43)(H,38,44)/t33-,34-/m0/s1. The molecule has 0 aliphatic carbocycles. The number of anilines is 2. The first-order chi connectivity index (χ1) is 23.5. The number of rotatable bonds is 12. The van der Waals surface area contributed by atoms with Gasteiger partial charge in [0, 0.05) is 37.6 Å². The lowest BCUT2D eigenvalue weighted by Crippen LogP contribution is -2.43. The van der Waals surface area contributed by atoms with E-state index < -0.39 is 22.4 Å². The van der Waals surface area contributed by atoms with Gasteiger partial charge < -0.3 is 30.3 Å². The van der Waals surface area contributed by atoms with Gasteiger partial charge in [0.15, 0.2) is 0 Å². The summed E-state index contributed by atoms with van der Waals surface area (Å²) in [5, 5.41) is 27.3. The van der Waals surface area contributed by atoms with E-state index in [1.165, 1.54) is 0 Å². The molecule has 1 saturated heterocycles. The lowest BCUT2D eigenvalue weighted by atomic mass is 10.1. The van der Waals surface area contributed by atoms with Gasteiger partial charge in [0.2, 0.25) is 11.8 Å². The zero-order valence-electron chi connectivity index (χ0n) is 27.3. The molecule has 13 heteroatoms. The third-order valence-corrected chi connectivity index (χ3v) is 10.0. The normalized spacial score (nSPS) is 17.9. The minimum atomic E-state index is -4.27. The van der Waals surface area contributed by atoms with Crippen molar-refractivity contribution in [3.05, 3.63) is 119 Å². The molecule has 4 aromatic rings. The topological polar surface area (TPSA) is 158 Å². The predicted molar refractivity (Wildman–Crippen MR) is 185 cm³/mol. The van der Waals surface area contributed by atoms with Crippen LogP contribution in [0.15, 0.2) is 97.1 Å². The van der Waals surface area contributed by atoms with Crippen LogP contribution in [0.25, 0.3) is 0 Å². The summed E-state index contributed by atoms with van der Waals surface area (Å²) in [6.45, 7) is -1.11. The maximum absolute atomic E-state index is 14.1. The first kappa shape index (κ1) is 35.5. The average Bonchev–Trinajstić information content (AvgIpc) is 3.16. The van der Waals surface area contributed by atoms with Crippen LogP contribution in [0.2, 0.25) is 0 Å². The molecule has 0 aromatic heterocycles. The van der Waals surface area contributed by atoms with E-state index in [1.54, 1.807) is 99.1 Å². The van der Waals surface area contributed by atoms with Crippen LogP contribution >= 0.6 is 0 Å². The highest BCUT2D eigenvalue weighted by atomic mass is 32.2. The Bertz CT molecular complexity index is 1760. The maximum Gasteiger partial charge on any atom is 0.282 e. The van der Waals surface area contributed by atoms with Crippen molar-refractivity contribution < 1.29 is 37.7 Å². The predicted octanol–water partition coefficient (Wildman–Crippen LogP) is 3.35. The summed E-state index contributed by atoms with van der Waals surface area (Å²) in [4.78, 5) is 26.0. The molecule has 1 aliphatic heterocycles. The fourth-order valence-electron chi connectivity index (χ4n) is 5.57. The molecule has 4 aromatic carbocycles. The summed E-state index contributed by atoms with van der Waals surface area (Å²) in [7, 11) is -1.18. The highest BCUT2D eigenvalue weighted by molar-refractivity contribution is 7.86. The Morgan fingerprint density at radius 1 is 0.673 bits per heavy atom. The molecule has 0 saturated carbocycles. The van der Waals surface area contributed by atoms with Gasteiger partial charge in [-0.3, -0.25) is 9.59 Å². The summed E-state index contributed by atoms with van der Waals surface area (Å²) >= 11 is 0. The van der Waals surface area contributed by atoms with E-state index in [2.05, 4.69) is 10.6 Å². The van der Waals surface area contributed by atoms with E-state index in [-0.39, 0.29) is 50.8 Å². The summed E-state index contributed by atoms with van der Waals surface area (Å²) in [5.41, 5.74) is 3.32. The number of methoxy groups -OCH3 is 2. The van der Waals surface area contributed by atoms with Gasteiger partial charge >= 0.3 is 0 Å². The molecule has 1 heterocycles. The van der Waals surface area contributed by atoms with Gasteiger partial charge in [0.1, 0.15) is 11.5 Å². The number of ether oxygens (including phenoxy) is 2. The van der Waals surface area contributed by atoms with Gasteiger partial charge in [-0.05, 0) is 58.7 Å². The summed E-state index contributed by atoms with van der Waals surface area (Å²) < 4.78 is 40.9. The van der Waals surface area contributed by atoms with Crippen molar-refractivity contribution in [1.82, 2.24) is 8.61 Å². The molecule has 1 aliphatic rings. The third-order valence-electron chi connectivity index (χ3n) is 8.15. The molecule has 0 unspecified atom stereocenters. The van der Waals surface area contributed by atoms with Crippen molar-refractivity contribution in [2.24, 2.45) is 0 Å². The Kier molecular flexibility index (Phi) is 11.6. The second kappa shape index (κ2) is 16.1. The Balaban J connectivity index is 1.33. The Labute approximate surface area is 286 Å².